The average Bonchev–Trinajstić information content (AvgIpc) is 2.86. The Balaban J connectivity index is 2.04. The summed E-state index contributed by atoms with van der Waals surface area (Å²) in [6.45, 7) is 8.30. The fourth-order valence-corrected chi connectivity index (χ4v) is 5.45. The summed E-state index contributed by atoms with van der Waals surface area (Å²) in [7, 11) is -4.28. The number of hydrogen-bond acceptors (Lipinski definition) is 4. The molecule has 0 saturated carbocycles. The van der Waals surface area contributed by atoms with Crippen molar-refractivity contribution in [3.05, 3.63) is 94.8 Å². The summed E-state index contributed by atoms with van der Waals surface area (Å²) < 4.78 is 42.0. The predicted molar refractivity (Wildman–Crippen MR) is 151 cm³/mol. The average molecular weight is 574 g/mol. The second-order valence-electron chi connectivity index (χ2n) is 10.3. The lowest BCUT2D eigenvalue weighted by atomic mass is 10.1. The maximum Gasteiger partial charge on any atom is 0.264 e. The van der Waals surface area contributed by atoms with Gasteiger partial charge < -0.3 is 10.2 Å². The van der Waals surface area contributed by atoms with E-state index in [0.29, 0.717) is 10.6 Å². The molecular formula is C29H33ClFN3O4S. The van der Waals surface area contributed by atoms with Gasteiger partial charge in [0.1, 0.15) is 18.4 Å². The van der Waals surface area contributed by atoms with Crippen LogP contribution in [0.15, 0.2) is 77.7 Å². The predicted octanol–water partition coefficient (Wildman–Crippen LogP) is 5.31. The first-order chi connectivity index (χ1) is 18.2. The van der Waals surface area contributed by atoms with E-state index in [4.69, 9.17) is 11.6 Å². The third-order valence-electron chi connectivity index (χ3n) is 5.97. The normalized spacial score (nSPS) is 12.5. The van der Waals surface area contributed by atoms with Crippen molar-refractivity contribution in [2.45, 2.75) is 57.6 Å². The highest BCUT2D eigenvalue weighted by atomic mass is 35.5. The number of rotatable bonds is 9. The van der Waals surface area contributed by atoms with Crippen molar-refractivity contribution >= 4 is 39.1 Å². The second kappa shape index (κ2) is 12.2. The highest BCUT2D eigenvalue weighted by molar-refractivity contribution is 7.92. The number of sulfonamides is 1. The standard InChI is InChI=1S/C29H33ClFN3O4S/c1-20-10-14-24(15-11-20)34(39(37,38)25-16-12-23(31)13-17-25)19-27(35)33(18-22-8-6-7-9-26(22)30)21(2)28(36)32-29(3,4)5/h6-17,21H,18-19H2,1-5H3,(H,32,36). The highest BCUT2D eigenvalue weighted by Crippen LogP contribution is 2.26. The summed E-state index contributed by atoms with van der Waals surface area (Å²) in [5.74, 6) is -1.60. The van der Waals surface area contributed by atoms with Crippen molar-refractivity contribution in [1.82, 2.24) is 10.2 Å². The number of nitrogens with zero attached hydrogens (tertiary/aromatic N) is 2. The van der Waals surface area contributed by atoms with Crippen LogP contribution < -0.4 is 9.62 Å². The minimum atomic E-state index is -4.28. The highest BCUT2D eigenvalue weighted by Gasteiger charge is 2.33. The van der Waals surface area contributed by atoms with Crippen molar-refractivity contribution in [2.24, 2.45) is 0 Å². The van der Waals surface area contributed by atoms with Crippen LogP contribution in [0.5, 0.6) is 0 Å². The fourth-order valence-electron chi connectivity index (χ4n) is 3.84. The number of carbonyl (C=O) groups is 2. The molecule has 1 atom stereocenters. The molecule has 0 aromatic heterocycles. The third-order valence-corrected chi connectivity index (χ3v) is 8.12. The molecular weight excluding hydrogens is 541 g/mol. The number of aryl methyl sites for hydroxylation is 1. The Kier molecular flexibility index (Phi) is 9.40. The van der Waals surface area contributed by atoms with Crippen LogP contribution in [0, 0.1) is 12.7 Å². The Labute approximate surface area is 234 Å². The number of nitrogens with one attached hydrogen (secondary N) is 1. The van der Waals surface area contributed by atoms with Gasteiger partial charge in [0.2, 0.25) is 11.8 Å². The molecule has 208 valence electrons. The smallest absolute Gasteiger partial charge is 0.264 e. The van der Waals surface area contributed by atoms with Crippen molar-refractivity contribution < 1.29 is 22.4 Å². The minimum Gasteiger partial charge on any atom is -0.350 e. The second-order valence-corrected chi connectivity index (χ2v) is 12.6. The van der Waals surface area contributed by atoms with E-state index in [1.54, 1.807) is 55.5 Å². The summed E-state index contributed by atoms with van der Waals surface area (Å²) in [6.07, 6.45) is 0. The lowest BCUT2D eigenvalue weighted by Crippen LogP contribution is -2.54. The Hall–Kier alpha value is -3.43. The zero-order valence-corrected chi connectivity index (χ0v) is 24.2. The summed E-state index contributed by atoms with van der Waals surface area (Å²) >= 11 is 6.37. The van der Waals surface area contributed by atoms with Gasteiger partial charge >= 0.3 is 0 Å². The van der Waals surface area contributed by atoms with E-state index in [1.807, 2.05) is 27.7 Å². The molecule has 0 saturated heterocycles. The molecule has 2 amide bonds. The number of halogens is 2. The van der Waals surface area contributed by atoms with E-state index < -0.39 is 45.8 Å². The number of carbonyl (C=O) groups excluding carboxylic acids is 2. The van der Waals surface area contributed by atoms with Crippen LogP contribution in [0.4, 0.5) is 10.1 Å². The van der Waals surface area contributed by atoms with Crippen molar-refractivity contribution in [1.29, 1.82) is 0 Å². The first-order valence-electron chi connectivity index (χ1n) is 12.4. The lowest BCUT2D eigenvalue weighted by Gasteiger charge is -2.33. The third kappa shape index (κ3) is 7.80. The molecule has 1 N–H and O–H groups in total. The minimum absolute atomic E-state index is 0.0183. The van der Waals surface area contributed by atoms with E-state index in [0.717, 1.165) is 34.1 Å². The van der Waals surface area contributed by atoms with Crippen LogP contribution >= 0.6 is 11.6 Å². The van der Waals surface area contributed by atoms with E-state index >= 15 is 0 Å². The largest absolute Gasteiger partial charge is 0.350 e. The topological polar surface area (TPSA) is 86.8 Å². The van der Waals surface area contributed by atoms with Gasteiger partial charge in [-0.3, -0.25) is 13.9 Å². The summed E-state index contributed by atoms with van der Waals surface area (Å²) in [4.78, 5) is 28.1. The van der Waals surface area contributed by atoms with Gasteiger partial charge in [-0.1, -0.05) is 47.5 Å². The molecule has 39 heavy (non-hydrogen) atoms. The van der Waals surface area contributed by atoms with Crippen LogP contribution in [0.25, 0.3) is 0 Å². The van der Waals surface area contributed by atoms with Gasteiger partial charge in [-0.15, -0.1) is 0 Å². The monoisotopic (exact) mass is 573 g/mol. The van der Waals surface area contributed by atoms with Crippen molar-refractivity contribution in [2.75, 3.05) is 10.8 Å². The van der Waals surface area contributed by atoms with Crippen molar-refractivity contribution in [3.8, 4) is 0 Å². The van der Waals surface area contributed by atoms with Gasteiger partial charge in [-0.05, 0) is 82.6 Å². The van der Waals surface area contributed by atoms with Crippen molar-refractivity contribution in [3.63, 3.8) is 0 Å². The van der Waals surface area contributed by atoms with Gasteiger partial charge in [0.15, 0.2) is 0 Å². The molecule has 3 aromatic carbocycles. The molecule has 3 rings (SSSR count). The summed E-state index contributed by atoms with van der Waals surface area (Å²) in [6, 6.07) is 17.0. The first-order valence-corrected chi connectivity index (χ1v) is 14.2. The molecule has 0 fully saturated rings. The molecule has 0 aliphatic heterocycles. The van der Waals surface area contributed by atoms with Crippen LogP contribution in [-0.4, -0.2) is 43.3 Å². The van der Waals surface area contributed by atoms with E-state index in [1.165, 1.54) is 4.90 Å². The Bertz CT molecular complexity index is 1420. The molecule has 0 heterocycles. The van der Waals surface area contributed by atoms with Crippen LogP contribution in [0.3, 0.4) is 0 Å². The number of anilines is 1. The number of hydrogen-bond donors (Lipinski definition) is 1. The molecule has 0 bridgehead atoms. The number of benzene rings is 3. The maximum absolute atomic E-state index is 13.9. The van der Waals surface area contributed by atoms with E-state index in [2.05, 4.69) is 5.32 Å². The first kappa shape index (κ1) is 30.1. The SMILES string of the molecule is Cc1ccc(N(CC(=O)N(Cc2ccccc2Cl)C(C)C(=O)NC(C)(C)C)S(=O)(=O)c2ccc(F)cc2)cc1. The zero-order valence-electron chi connectivity index (χ0n) is 22.6. The zero-order chi connectivity index (χ0) is 29.0. The van der Waals surface area contributed by atoms with E-state index in [-0.39, 0.29) is 17.1 Å². The molecule has 0 aliphatic rings. The molecule has 10 heteroatoms. The number of amides is 2. The van der Waals surface area contributed by atoms with Crippen LogP contribution in [0.1, 0.15) is 38.8 Å². The van der Waals surface area contributed by atoms with E-state index in [9.17, 15) is 22.4 Å². The van der Waals surface area contributed by atoms with Crippen LogP contribution in [-0.2, 0) is 26.2 Å². The molecule has 0 spiro atoms. The Morgan fingerprint density at radius 1 is 0.974 bits per heavy atom. The molecule has 7 nitrogen and oxygen atoms in total. The molecule has 1 unspecified atom stereocenters. The molecule has 0 aliphatic carbocycles. The Morgan fingerprint density at radius 2 is 1.56 bits per heavy atom. The van der Waals surface area contributed by atoms with Gasteiger partial charge in [0.25, 0.3) is 10.0 Å². The fraction of sp³-hybridized carbons (Fsp3) is 0.310. The summed E-state index contributed by atoms with van der Waals surface area (Å²) in [5.41, 5.74) is 1.20. The molecule has 0 radical (unpaired) electrons. The van der Waals surface area contributed by atoms with Gasteiger partial charge in [-0.25, -0.2) is 12.8 Å². The van der Waals surface area contributed by atoms with Gasteiger partial charge in [-0.2, -0.15) is 0 Å². The Morgan fingerprint density at radius 3 is 2.13 bits per heavy atom. The lowest BCUT2D eigenvalue weighted by molar-refractivity contribution is -0.140. The quantitative estimate of drug-likeness (QED) is 0.376. The van der Waals surface area contributed by atoms with Crippen LogP contribution in [0.2, 0.25) is 5.02 Å². The van der Waals surface area contributed by atoms with Gasteiger partial charge in [0, 0.05) is 17.1 Å². The molecule has 3 aromatic rings. The maximum atomic E-state index is 13.9. The van der Waals surface area contributed by atoms with Gasteiger partial charge in [0.05, 0.1) is 10.6 Å². The summed E-state index contributed by atoms with van der Waals surface area (Å²) in [5, 5.41) is 3.28.